The number of halogens is 2. The lowest BCUT2D eigenvalue weighted by atomic mass is 10.3. The largest absolute Gasteiger partial charge is 0.370 e. The Labute approximate surface area is 134 Å². The summed E-state index contributed by atoms with van der Waals surface area (Å²) in [4.78, 5) is 8.81. The summed E-state index contributed by atoms with van der Waals surface area (Å²) in [6.45, 7) is 5.00. The topological polar surface area (TPSA) is 49.8 Å². The normalized spacial score (nSPS) is 10.5. The molecular weight excluding hydrogens is 307 g/mol. The number of hydrogen-bond acceptors (Lipinski definition) is 4. The third-order valence-corrected chi connectivity index (χ3v) is 3.61. The van der Waals surface area contributed by atoms with Crippen molar-refractivity contribution in [1.82, 2.24) is 9.97 Å². The number of hydrogen-bond donors (Lipinski definition) is 2. The highest BCUT2D eigenvalue weighted by molar-refractivity contribution is 6.42. The van der Waals surface area contributed by atoms with Gasteiger partial charge in [-0.25, -0.2) is 4.98 Å². The van der Waals surface area contributed by atoms with E-state index in [9.17, 15) is 0 Å². The summed E-state index contributed by atoms with van der Waals surface area (Å²) in [6, 6.07) is 7.25. The highest BCUT2D eigenvalue weighted by Crippen LogP contribution is 2.26. The summed E-state index contributed by atoms with van der Waals surface area (Å²) >= 11 is 11.9. The monoisotopic (exact) mass is 324 g/mol. The fourth-order valence-corrected chi connectivity index (χ4v) is 2.11. The van der Waals surface area contributed by atoms with Crippen LogP contribution in [-0.2, 0) is 0 Å². The Balaban J connectivity index is 2.13. The number of nitrogens with zero attached hydrogens (tertiary/aromatic N) is 2. The van der Waals surface area contributed by atoms with E-state index in [2.05, 4.69) is 27.5 Å². The molecule has 0 saturated heterocycles. The molecule has 1 heterocycles. The van der Waals surface area contributed by atoms with E-state index in [0.29, 0.717) is 16.0 Å². The van der Waals surface area contributed by atoms with Gasteiger partial charge >= 0.3 is 0 Å². The van der Waals surface area contributed by atoms with Crippen LogP contribution in [0.4, 0.5) is 17.5 Å². The number of unbranched alkanes of at least 4 members (excludes halogenated alkanes) is 1. The van der Waals surface area contributed by atoms with E-state index in [-0.39, 0.29) is 0 Å². The number of rotatable bonds is 6. The molecule has 0 amide bonds. The van der Waals surface area contributed by atoms with Gasteiger partial charge in [0.2, 0.25) is 5.95 Å². The molecule has 0 bridgehead atoms. The lowest BCUT2D eigenvalue weighted by Gasteiger charge is -2.10. The number of aryl methyl sites for hydroxylation is 1. The average molecular weight is 325 g/mol. The number of nitrogens with one attached hydrogen (secondary N) is 2. The second-order valence-electron chi connectivity index (χ2n) is 4.75. The summed E-state index contributed by atoms with van der Waals surface area (Å²) in [5, 5.41) is 7.45. The fraction of sp³-hybridized carbons (Fsp3) is 0.333. The van der Waals surface area contributed by atoms with E-state index in [1.165, 1.54) is 0 Å². The van der Waals surface area contributed by atoms with Crippen LogP contribution in [0.25, 0.3) is 0 Å². The second-order valence-corrected chi connectivity index (χ2v) is 5.57. The predicted molar refractivity (Wildman–Crippen MR) is 89.9 cm³/mol. The molecule has 0 aliphatic heterocycles. The minimum absolute atomic E-state index is 0.496. The van der Waals surface area contributed by atoms with Crippen molar-refractivity contribution in [2.24, 2.45) is 0 Å². The van der Waals surface area contributed by atoms with Crippen LogP contribution in [0.5, 0.6) is 0 Å². The van der Waals surface area contributed by atoms with Crippen LogP contribution in [-0.4, -0.2) is 16.5 Å². The Kier molecular flexibility index (Phi) is 5.65. The van der Waals surface area contributed by atoms with Gasteiger partial charge in [-0.15, -0.1) is 0 Å². The van der Waals surface area contributed by atoms with Crippen LogP contribution in [0, 0.1) is 6.92 Å². The lowest BCUT2D eigenvalue weighted by molar-refractivity contribution is 0.830. The van der Waals surface area contributed by atoms with E-state index in [0.717, 1.165) is 36.6 Å². The van der Waals surface area contributed by atoms with Crippen molar-refractivity contribution < 1.29 is 0 Å². The molecule has 0 spiro atoms. The van der Waals surface area contributed by atoms with E-state index < -0.39 is 0 Å². The van der Waals surface area contributed by atoms with Gasteiger partial charge in [-0.1, -0.05) is 36.5 Å². The van der Waals surface area contributed by atoms with Crippen molar-refractivity contribution in [2.45, 2.75) is 26.7 Å². The minimum Gasteiger partial charge on any atom is -0.370 e. The van der Waals surface area contributed by atoms with Crippen LogP contribution in [0.15, 0.2) is 24.3 Å². The SMILES string of the molecule is CCCCNc1cc(C)nc(Nc2ccc(Cl)c(Cl)c2)n1. The smallest absolute Gasteiger partial charge is 0.229 e. The summed E-state index contributed by atoms with van der Waals surface area (Å²) in [5.41, 5.74) is 1.70. The highest BCUT2D eigenvalue weighted by atomic mass is 35.5. The van der Waals surface area contributed by atoms with Crippen LogP contribution < -0.4 is 10.6 Å². The van der Waals surface area contributed by atoms with Crippen LogP contribution in [0.3, 0.4) is 0 Å². The van der Waals surface area contributed by atoms with Gasteiger partial charge in [-0.2, -0.15) is 4.98 Å². The van der Waals surface area contributed by atoms with Gasteiger partial charge in [0, 0.05) is 24.0 Å². The van der Waals surface area contributed by atoms with E-state index in [4.69, 9.17) is 23.2 Å². The Morgan fingerprint density at radius 2 is 1.90 bits per heavy atom. The Hall–Kier alpha value is -1.52. The molecule has 6 heteroatoms. The highest BCUT2D eigenvalue weighted by Gasteiger charge is 2.04. The minimum atomic E-state index is 0.496. The van der Waals surface area contributed by atoms with Gasteiger partial charge in [-0.3, -0.25) is 0 Å². The molecule has 2 aromatic rings. The van der Waals surface area contributed by atoms with E-state index >= 15 is 0 Å². The first kappa shape index (κ1) is 15.9. The average Bonchev–Trinajstić information content (AvgIpc) is 2.43. The molecule has 0 aliphatic rings. The Bertz CT molecular complexity index is 617. The van der Waals surface area contributed by atoms with Gasteiger partial charge < -0.3 is 10.6 Å². The lowest BCUT2D eigenvalue weighted by Crippen LogP contribution is -2.06. The first-order valence-corrected chi connectivity index (χ1v) is 7.65. The molecule has 0 atom stereocenters. The van der Waals surface area contributed by atoms with Crippen molar-refractivity contribution in [2.75, 3.05) is 17.2 Å². The predicted octanol–water partition coefficient (Wildman–Crippen LogP) is 5.05. The van der Waals surface area contributed by atoms with Crippen molar-refractivity contribution in [1.29, 1.82) is 0 Å². The van der Waals surface area contributed by atoms with Crippen molar-refractivity contribution >= 4 is 40.7 Å². The summed E-state index contributed by atoms with van der Waals surface area (Å²) in [5.74, 6) is 1.35. The molecule has 112 valence electrons. The Morgan fingerprint density at radius 3 is 2.62 bits per heavy atom. The van der Waals surface area contributed by atoms with E-state index in [1.807, 2.05) is 19.1 Å². The van der Waals surface area contributed by atoms with Crippen LogP contribution >= 0.6 is 23.2 Å². The molecule has 0 fully saturated rings. The van der Waals surface area contributed by atoms with E-state index in [1.54, 1.807) is 12.1 Å². The maximum Gasteiger partial charge on any atom is 0.229 e. The first-order valence-electron chi connectivity index (χ1n) is 6.90. The summed E-state index contributed by atoms with van der Waals surface area (Å²) in [7, 11) is 0. The molecular formula is C15H18Cl2N4. The van der Waals surface area contributed by atoms with Crippen LogP contribution in [0.1, 0.15) is 25.5 Å². The molecule has 0 radical (unpaired) electrons. The molecule has 0 aliphatic carbocycles. The number of anilines is 3. The zero-order valence-electron chi connectivity index (χ0n) is 12.1. The first-order chi connectivity index (χ1) is 10.1. The zero-order chi connectivity index (χ0) is 15.2. The van der Waals surface area contributed by atoms with Gasteiger partial charge in [0.25, 0.3) is 0 Å². The Morgan fingerprint density at radius 1 is 1.10 bits per heavy atom. The number of benzene rings is 1. The quantitative estimate of drug-likeness (QED) is 0.730. The van der Waals surface area contributed by atoms with Gasteiger partial charge in [0.15, 0.2) is 0 Å². The molecule has 1 aromatic heterocycles. The fourth-order valence-electron chi connectivity index (χ4n) is 1.81. The molecule has 1 aromatic carbocycles. The molecule has 2 rings (SSSR count). The molecule has 0 unspecified atom stereocenters. The standard InChI is InChI=1S/C15H18Cl2N4/c1-3-4-7-18-14-8-10(2)19-15(21-14)20-11-5-6-12(16)13(17)9-11/h5-6,8-9H,3-4,7H2,1-2H3,(H2,18,19,20,21). The van der Waals surface area contributed by atoms with Crippen molar-refractivity contribution in [3.63, 3.8) is 0 Å². The van der Waals surface area contributed by atoms with Crippen molar-refractivity contribution in [3.8, 4) is 0 Å². The molecule has 4 nitrogen and oxygen atoms in total. The van der Waals surface area contributed by atoms with Crippen LogP contribution in [0.2, 0.25) is 10.0 Å². The molecule has 2 N–H and O–H groups in total. The molecule has 21 heavy (non-hydrogen) atoms. The summed E-state index contributed by atoms with van der Waals surface area (Å²) < 4.78 is 0. The van der Waals surface area contributed by atoms with Gasteiger partial charge in [0.1, 0.15) is 5.82 Å². The number of aromatic nitrogens is 2. The van der Waals surface area contributed by atoms with Gasteiger partial charge in [0.05, 0.1) is 10.0 Å². The third kappa shape index (κ3) is 4.76. The third-order valence-electron chi connectivity index (χ3n) is 2.87. The maximum atomic E-state index is 6.00. The molecule has 0 saturated carbocycles. The zero-order valence-corrected chi connectivity index (χ0v) is 13.6. The maximum absolute atomic E-state index is 6.00. The van der Waals surface area contributed by atoms with Gasteiger partial charge in [-0.05, 0) is 31.5 Å². The summed E-state index contributed by atoms with van der Waals surface area (Å²) in [6.07, 6.45) is 2.25. The van der Waals surface area contributed by atoms with Crippen molar-refractivity contribution in [3.05, 3.63) is 40.0 Å². The second kappa shape index (κ2) is 7.48.